The van der Waals surface area contributed by atoms with E-state index in [9.17, 15) is 19.5 Å². The summed E-state index contributed by atoms with van der Waals surface area (Å²) in [6.45, 7) is 1.55. The quantitative estimate of drug-likeness (QED) is 0.156. The number of aromatic nitrogens is 1. The van der Waals surface area contributed by atoms with E-state index in [1.54, 1.807) is 11.7 Å². The van der Waals surface area contributed by atoms with Gasteiger partial charge in [-0.05, 0) is 35.6 Å². The topological polar surface area (TPSA) is 142 Å². The fourth-order valence-corrected chi connectivity index (χ4v) is 6.14. The summed E-state index contributed by atoms with van der Waals surface area (Å²) in [5, 5.41) is 19.2. The van der Waals surface area contributed by atoms with Crippen LogP contribution in [0.1, 0.15) is 33.9 Å². The molecule has 12 heteroatoms. The van der Waals surface area contributed by atoms with E-state index >= 15 is 0 Å². The van der Waals surface area contributed by atoms with Gasteiger partial charge in [0, 0.05) is 36.3 Å². The minimum Gasteiger partial charge on any atom is -0.465 e. The van der Waals surface area contributed by atoms with Crippen LogP contribution in [0.2, 0.25) is 0 Å². The van der Waals surface area contributed by atoms with Crippen molar-refractivity contribution in [3.63, 3.8) is 0 Å². The van der Waals surface area contributed by atoms with E-state index < -0.39 is 30.1 Å². The molecule has 0 aliphatic carbocycles. The molecule has 47 heavy (non-hydrogen) atoms. The highest BCUT2D eigenvalue weighted by atomic mass is 32.1. The molecule has 1 fully saturated rings. The number of carbonyl (C=O) groups is 3. The molecule has 246 valence electrons. The van der Waals surface area contributed by atoms with E-state index in [2.05, 4.69) is 20.9 Å². The predicted molar refractivity (Wildman–Crippen MR) is 180 cm³/mol. The van der Waals surface area contributed by atoms with Gasteiger partial charge in [-0.1, -0.05) is 78.9 Å². The molecule has 3 amide bonds. The fourth-order valence-electron chi connectivity index (χ4n) is 5.61. The van der Waals surface area contributed by atoms with Gasteiger partial charge in [0.25, 0.3) is 0 Å². The molecule has 0 bridgehead atoms. The van der Waals surface area contributed by atoms with E-state index in [0.29, 0.717) is 38.2 Å². The Morgan fingerprint density at radius 2 is 1.72 bits per heavy atom. The van der Waals surface area contributed by atoms with Gasteiger partial charge in [0.2, 0.25) is 5.91 Å². The molecule has 1 aliphatic heterocycles. The molecule has 3 atom stereocenters. The number of nitrogens with one attached hydrogen (secondary N) is 3. The number of amides is 3. The molecule has 4 aromatic rings. The Kier molecular flexibility index (Phi) is 11.9. The molecule has 0 spiro atoms. The van der Waals surface area contributed by atoms with Gasteiger partial charge in [0.1, 0.15) is 12.6 Å². The van der Waals surface area contributed by atoms with E-state index in [-0.39, 0.29) is 18.8 Å². The lowest BCUT2D eigenvalue weighted by molar-refractivity contribution is -0.120. The van der Waals surface area contributed by atoms with E-state index in [0.717, 1.165) is 26.5 Å². The normalized spacial score (nSPS) is 16.6. The highest BCUT2D eigenvalue weighted by molar-refractivity contribution is 7.09. The molecule has 0 radical (unpaired) electrons. The summed E-state index contributed by atoms with van der Waals surface area (Å²) in [6.07, 6.45) is 1.27. The van der Waals surface area contributed by atoms with Crippen molar-refractivity contribution in [1.29, 1.82) is 0 Å². The molecule has 2 heterocycles. The number of para-hydroxylation sites is 1. The highest BCUT2D eigenvalue weighted by Crippen LogP contribution is 2.32. The molecule has 1 aromatic heterocycles. The van der Waals surface area contributed by atoms with Crippen LogP contribution in [0.3, 0.4) is 0 Å². The first-order chi connectivity index (χ1) is 22.9. The lowest BCUT2D eigenvalue weighted by Gasteiger charge is -2.33. The monoisotopic (exact) mass is 657 g/mol. The third-order valence-electron chi connectivity index (χ3n) is 8.10. The lowest BCUT2D eigenvalue weighted by Crippen LogP contribution is -2.49. The molecule has 5 rings (SSSR count). The van der Waals surface area contributed by atoms with Crippen LogP contribution in [0, 0.1) is 0 Å². The number of ether oxygens (including phenoxy) is 2. The third-order valence-corrected chi connectivity index (χ3v) is 8.88. The summed E-state index contributed by atoms with van der Waals surface area (Å²) in [7, 11) is 1.43. The molecule has 0 unspecified atom stereocenters. The summed E-state index contributed by atoms with van der Waals surface area (Å²) < 4.78 is 11.4. The molecule has 11 nitrogen and oxygen atoms in total. The fraction of sp³-hybridized carbons (Fsp3) is 0.314. The Morgan fingerprint density at radius 1 is 1.04 bits per heavy atom. The van der Waals surface area contributed by atoms with Crippen LogP contribution in [-0.4, -0.2) is 78.1 Å². The van der Waals surface area contributed by atoms with E-state index in [1.807, 2.05) is 84.9 Å². The summed E-state index contributed by atoms with van der Waals surface area (Å²) in [5.41, 5.74) is 4.92. The number of nitrogens with zero attached hydrogens (tertiary/aromatic N) is 2. The summed E-state index contributed by atoms with van der Waals surface area (Å²) in [5.74, 6) is -0.955. The van der Waals surface area contributed by atoms with Gasteiger partial charge in [-0.25, -0.2) is 9.59 Å². The van der Waals surface area contributed by atoms with Crippen molar-refractivity contribution in [1.82, 2.24) is 20.5 Å². The van der Waals surface area contributed by atoms with Crippen LogP contribution in [-0.2, 0) is 27.2 Å². The number of morpholine rings is 1. The van der Waals surface area contributed by atoms with Crippen LogP contribution >= 0.6 is 11.3 Å². The predicted octanol–water partition coefficient (Wildman–Crippen LogP) is 5.11. The molecular weight excluding hydrogens is 618 g/mol. The average Bonchev–Trinajstić information content (AvgIpc) is 3.63. The van der Waals surface area contributed by atoms with Crippen LogP contribution < -0.4 is 16.0 Å². The first-order valence-electron chi connectivity index (χ1n) is 15.5. The summed E-state index contributed by atoms with van der Waals surface area (Å²) in [4.78, 5) is 44.4. The number of rotatable bonds is 13. The Bertz CT molecular complexity index is 1540. The highest BCUT2D eigenvalue weighted by Gasteiger charge is 2.37. The van der Waals surface area contributed by atoms with Crippen LogP contribution in [0.5, 0.6) is 0 Å². The summed E-state index contributed by atoms with van der Waals surface area (Å²) in [6, 6.07) is 25.4. The van der Waals surface area contributed by atoms with E-state index in [1.165, 1.54) is 18.4 Å². The van der Waals surface area contributed by atoms with Crippen molar-refractivity contribution in [2.75, 3.05) is 32.1 Å². The largest absolute Gasteiger partial charge is 0.465 e. The van der Waals surface area contributed by atoms with Crippen LogP contribution in [0.4, 0.5) is 15.3 Å². The second kappa shape index (κ2) is 16.7. The number of benzene rings is 3. The van der Waals surface area contributed by atoms with Gasteiger partial charge >= 0.3 is 12.2 Å². The first kappa shape index (κ1) is 33.6. The maximum absolute atomic E-state index is 14.1. The minimum atomic E-state index is -1.20. The van der Waals surface area contributed by atoms with Crippen molar-refractivity contribution >= 4 is 35.1 Å². The SMILES string of the molecule is CN(C(=O)O)[C@H](C(=O)Nc1ccccc1CC[C@@H]1CN[C@H](COC(=O)NCc2cncs2)CO1)C(c1ccccc1)c1ccccc1. The number of hydrogen-bond acceptors (Lipinski definition) is 8. The number of thiazole rings is 1. The number of likely N-dealkylation sites (N-methyl/N-ethyl adjacent to an activating group) is 1. The van der Waals surface area contributed by atoms with Gasteiger partial charge in [0.05, 0.1) is 30.8 Å². The smallest absolute Gasteiger partial charge is 0.407 e. The molecule has 4 N–H and O–H groups in total. The zero-order valence-electron chi connectivity index (χ0n) is 26.1. The van der Waals surface area contributed by atoms with Gasteiger partial charge in [-0.3, -0.25) is 14.7 Å². The molecule has 1 aliphatic rings. The third kappa shape index (κ3) is 9.38. The number of carbonyl (C=O) groups excluding carboxylic acids is 2. The number of aryl methyl sites for hydroxylation is 1. The van der Waals surface area contributed by atoms with Crippen molar-refractivity contribution in [2.24, 2.45) is 0 Å². The Labute approximate surface area is 277 Å². The van der Waals surface area contributed by atoms with Gasteiger partial charge < -0.3 is 30.5 Å². The molecular formula is C35H39N5O6S. The second-order valence-electron chi connectivity index (χ2n) is 11.3. The van der Waals surface area contributed by atoms with Crippen molar-refractivity contribution in [3.05, 3.63) is 118 Å². The number of carboxylic acid groups (broad SMARTS) is 1. The maximum Gasteiger partial charge on any atom is 0.407 e. The maximum atomic E-state index is 14.1. The van der Waals surface area contributed by atoms with E-state index in [4.69, 9.17) is 9.47 Å². The standard InChI is InChI=1S/C35H39N5O6S/c1-40(35(43)44)32(31(25-11-4-2-5-12-25)26-13-6-3-7-14-26)33(41)39-30-15-9-8-10-24(30)16-17-28-18-37-27(21-45-28)22-46-34(42)38-20-29-19-36-23-47-29/h2-15,19,23,27-28,31-32,37H,16-18,20-22H2,1H3,(H,38,42)(H,39,41)(H,43,44)/t27-,28+,32-/m0/s1. The van der Waals surface area contributed by atoms with Crippen LogP contribution in [0.15, 0.2) is 96.6 Å². The van der Waals surface area contributed by atoms with Crippen LogP contribution in [0.25, 0.3) is 0 Å². The van der Waals surface area contributed by atoms with Gasteiger partial charge in [0.15, 0.2) is 0 Å². The Morgan fingerprint density at radius 3 is 2.34 bits per heavy atom. The molecule has 0 saturated carbocycles. The minimum absolute atomic E-state index is 0.0680. The zero-order chi connectivity index (χ0) is 33.0. The van der Waals surface area contributed by atoms with Gasteiger partial charge in [-0.2, -0.15) is 0 Å². The number of hydrogen-bond donors (Lipinski definition) is 4. The zero-order valence-corrected chi connectivity index (χ0v) is 26.9. The lowest BCUT2D eigenvalue weighted by atomic mass is 9.84. The second-order valence-corrected chi connectivity index (χ2v) is 12.3. The first-order valence-corrected chi connectivity index (χ1v) is 16.3. The number of anilines is 1. The van der Waals surface area contributed by atoms with Crippen molar-refractivity contribution in [3.8, 4) is 0 Å². The molecule has 3 aromatic carbocycles. The Balaban J connectivity index is 1.19. The van der Waals surface area contributed by atoms with Crippen molar-refractivity contribution in [2.45, 2.75) is 43.5 Å². The van der Waals surface area contributed by atoms with Crippen molar-refractivity contribution < 1.29 is 29.0 Å². The number of alkyl carbamates (subject to hydrolysis) is 1. The summed E-state index contributed by atoms with van der Waals surface area (Å²) >= 11 is 1.46. The van der Waals surface area contributed by atoms with Gasteiger partial charge in [-0.15, -0.1) is 11.3 Å². The Hall–Kier alpha value is -4.78. The molecule has 1 saturated heterocycles. The average molecular weight is 658 g/mol.